The first-order chi connectivity index (χ1) is 8.84. The highest BCUT2D eigenvalue weighted by Crippen LogP contribution is 2.23. The third kappa shape index (κ3) is 7.02. The normalized spacial score (nSPS) is 10.6. The Kier molecular flexibility index (Phi) is 8.96. The van der Waals surface area contributed by atoms with Gasteiger partial charge in [-0.1, -0.05) is 31.9 Å². The van der Waals surface area contributed by atoms with E-state index < -0.39 is 0 Å². The van der Waals surface area contributed by atoms with Crippen LogP contribution in [0.5, 0.6) is 5.75 Å². The summed E-state index contributed by atoms with van der Waals surface area (Å²) in [5.41, 5.74) is 0. The molecule has 0 spiro atoms. The second-order valence-electron chi connectivity index (χ2n) is 4.44. The summed E-state index contributed by atoms with van der Waals surface area (Å²) < 4.78 is 6.76. The Morgan fingerprint density at radius 1 is 1.06 bits per heavy atom. The Morgan fingerprint density at radius 3 is 2.61 bits per heavy atom. The van der Waals surface area contributed by atoms with Crippen molar-refractivity contribution in [3.05, 3.63) is 28.7 Å². The summed E-state index contributed by atoms with van der Waals surface area (Å²) in [5, 5.41) is 3.42. The Hall–Kier alpha value is -0.540. The molecule has 0 bridgehead atoms. The minimum Gasteiger partial charge on any atom is -0.492 e. The second kappa shape index (κ2) is 10.4. The van der Waals surface area contributed by atoms with Gasteiger partial charge in [0.15, 0.2) is 0 Å². The Morgan fingerprint density at radius 2 is 1.83 bits per heavy atom. The minimum absolute atomic E-state index is 0.811. The molecule has 0 aliphatic heterocycles. The van der Waals surface area contributed by atoms with Crippen LogP contribution in [0.3, 0.4) is 0 Å². The van der Waals surface area contributed by atoms with E-state index in [0.29, 0.717) is 0 Å². The van der Waals surface area contributed by atoms with Crippen molar-refractivity contribution in [3.8, 4) is 5.75 Å². The van der Waals surface area contributed by atoms with Gasteiger partial charge in [-0.15, -0.1) is 0 Å². The fraction of sp³-hybridized carbons (Fsp3) is 0.600. The summed E-state index contributed by atoms with van der Waals surface area (Å²) in [6.07, 6.45) is 6.16. The average molecular weight is 314 g/mol. The van der Waals surface area contributed by atoms with Crippen molar-refractivity contribution < 1.29 is 4.74 Å². The number of ether oxygens (including phenoxy) is 1. The Labute approximate surface area is 119 Å². The zero-order valence-corrected chi connectivity index (χ0v) is 12.8. The molecule has 0 aromatic heterocycles. The van der Waals surface area contributed by atoms with Crippen LogP contribution < -0.4 is 10.1 Å². The number of rotatable bonds is 10. The van der Waals surface area contributed by atoms with E-state index in [9.17, 15) is 0 Å². The summed E-state index contributed by atoms with van der Waals surface area (Å²) in [6, 6.07) is 8.01. The van der Waals surface area contributed by atoms with Crippen LogP contribution in [0.1, 0.15) is 39.0 Å². The molecule has 1 N–H and O–H groups in total. The van der Waals surface area contributed by atoms with Crippen molar-refractivity contribution in [2.45, 2.75) is 39.0 Å². The number of hydrogen-bond acceptors (Lipinski definition) is 2. The van der Waals surface area contributed by atoms with Crippen molar-refractivity contribution in [1.82, 2.24) is 5.32 Å². The van der Waals surface area contributed by atoms with Crippen LogP contribution in [0.15, 0.2) is 28.7 Å². The lowest BCUT2D eigenvalue weighted by molar-refractivity contribution is 0.303. The lowest BCUT2D eigenvalue weighted by Crippen LogP contribution is -2.15. The van der Waals surface area contributed by atoms with Crippen molar-refractivity contribution in [3.63, 3.8) is 0 Å². The van der Waals surface area contributed by atoms with Gasteiger partial charge in [-0.05, 0) is 60.4 Å². The molecule has 0 radical (unpaired) electrons. The Balaban J connectivity index is 1.94. The first kappa shape index (κ1) is 15.5. The van der Waals surface area contributed by atoms with Crippen LogP contribution in [0, 0.1) is 0 Å². The molecule has 1 rings (SSSR count). The SMILES string of the molecule is CCCNCCCCCCOc1ccccc1Br. The van der Waals surface area contributed by atoms with E-state index in [4.69, 9.17) is 4.74 Å². The highest BCUT2D eigenvalue weighted by molar-refractivity contribution is 9.10. The maximum absolute atomic E-state index is 5.72. The fourth-order valence-corrected chi connectivity index (χ4v) is 2.15. The van der Waals surface area contributed by atoms with Crippen molar-refractivity contribution in [2.24, 2.45) is 0 Å². The fourth-order valence-electron chi connectivity index (χ4n) is 1.75. The van der Waals surface area contributed by atoms with Crippen molar-refractivity contribution in [1.29, 1.82) is 0 Å². The molecule has 18 heavy (non-hydrogen) atoms. The van der Waals surface area contributed by atoms with E-state index in [0.717, 1.165) is 36.3 Å². The quantitative estimate of drug-likeness (QED) is 0.647. The van der Waals surface area contributed by atoms with Gasteiger partial charge in [0.2, 0.25) is 0 Å². The standard InChI is InChI=1S/C15H24BrNO/c1-2-11-17-12-7-3-4-8-13-18-15-10-6-5-9-14(15)16/h5-6,9-10,17H,2-4,7-8,11-13H2,1H3. The molecule has 0 unspecified atom stereocenters. The molecular formula is C15H24BrNO. The van der Waals surface area contributed by atoms with Gasteiger partial charge in [0.05, 0.1) is 11.1 Å². The molecule has 1 aromatic carbocycles. The van der Waals surface area contributed by atoms with E-state index in [-0.39, 0.29) is 0 Å². The molecule has 0 saturated heterocycles. The third-order valence-electron chi connectivity index (χ3n) is 2.77. The Bertz CT molecular complexity index is 317. The zero-order chi connectivity index (χ0) is 13.1. The number of unbranched alkanes of at least 4 members (excludes halogenated alkanes) is 3. The van der Waals surface area contributed by atoms with Crippen molar-refractivity contribution >= 4 is 15.9 Å². The van der Waals surface area contributed by atoms with Crippen LogP contribution >= 0.6 is 15.9 Å². The van der Waals surface area contributed by atoms with Gasteiger partial charge in [-0.2, -0.15) is 0 Å². The number of halogens is 1. The summed E-state index contributed by atoms with van der Waals surface area (Å²) in [5.74, 6) is 0.946. The maximum Gasteiger partial charge on any atom is 0.133 e. The van der Waals surface area contributed by atoms with Gasteiger partial charge in [-0.25, -0.2) is 0 Å². The van der Waals surface area contributed by atoms with E-state index in [1.54, 1.807) is 0 Å². The van der Waals surface area contributed by atoms with Crippen molar-refractivity contribution in [2.75, 3.05) is 19.7 Å². The lowest BCUT2D eigenvalue weighted by atomic mass is 10.2. The molecule has 1 aromatic rings. The van der Waals surface area contributed by atoms with Crippen LogP contribution in [0.2, 0.25) is 0 Å². The number of nitrogens with one attached hydrogen (secondary N) is 1. The highest BCUT2D eigenvalue weighted by Gasteiger charge is 1.98. The molecule has 0 saturated carbocycles. The molecule has 0 fully saturated rings. The van der Waals surface area contributed by atoms with Gasteiger partial charge in [-0.3, -0.25) is 0 Å². The molecule has 0 aliphatic rings. The second-order valence-corrected chi connectivity index (χ2v) is 5.30. The molecule has 102 valence electrons. The van der Waals surface area contributed by atoms with Gasteiger partial charge < -0.3 is 10.1 Å². The van der Waals surface area contributed by atoms with Crippen LogP contribution in [0.25, 0.3) is 0 Å². The molecule has 0 heterocycles. The predicted molar refractivity (Wildman–Crippen MR) is 81.3 cm³/mol. The van der Waals surface area contributed by atoms with E-state index in [2.05, 4.69) is 28.2 Å². The number of para-hydroxylation sites is 1. The van der Waals surface area contributed by atoms with Crippen LogP contribution in [-0.4, -0.2) is 19.7 Å². The van der Waals surface area contributed by atoms with E-state index in [1.807, 2.05) is 24.3 Å². The lowest BCUT2D eigenvalue weighted by Gasteiger charge is -2.07. The van der Waals surface area contributed by atoms with Crippen LogP contribution in [-0.2, 0) is 0 Å². The third-order valence-corrected chi connectivity index (χ3v) is 3.42. The monoisotopic (exact) mass is 313 g/mol. The molecular weight excluding hydrogens is 290 g/mol. The molecule has 0 atom stereocenters. The smallest absolute Gasteiger partial charge is 0.133 e. The molecule has 0 aliphatic carbocycles. The number of benzene rings is 1. The molecule has 0 amide bonds. The average Bonchev–Trinajstić information content (AvgIpc) is 2.39. The maximum atomic E-state index is 5.72. The zero-order valence-electron chi connectivity index (χ0n) is 11.3. The van der Waals surface area contributed by atoms with Crippen LogP contribution in [0.4, 0.5) is 0 Å². The summed E-state index contributed by atoms with van der Waals surface area (Å²) >= 11 is 3.48. The van der Waals surface area contributed by atoms with Gasteiger partial charge in [0, 0.05) is 0 Å². The molecule has 2 nitrogen and oxygen atoms in total. The first-order valence-electron chi connectivity index (χ1n) is 6.92. The predicted octanol–water partition coefficient (Wildman–Crippen LogP) is 4.39. The topological polar surface area (TPSA) is 21.3 Å². The van der Waals surface area contributed by atoms with E-state index >= 15 is 0 Å². The van der Waals surface area contributed by atoms with Gasteiger partial charge >= 0.3 is 0 Å². The summed E-state index contributed by atoms with van der Waals surface area (Å²) in [7, 11) is 0. The summed E-state index contributed by atoms with van der Waals surface area (Å²) in [6.45, 7) is 5.31. The first-order valence-corrected chi connectivity index (χ1v) is 7.72. The highest BCUT2D eigenvalue weighted by atomic mass is 79.9. The largest absolute Gasteiger partial charge is 0.492 e. The molecule has 3 heteroatoms. The number of hydrogen-bond donors (Lipinski definition) is 1. The summed E-state index contributed by atoms with van der Waals surface area (Å²) in [4.78, 5) is 0. The van der Waals surface area contributed by atoms with Gasteiger partial charge in [0.25, 0.3) is 0 Å². The van der Waals surface area contributed by atoms with Gasteiger partial charge in [0.1, 0.15) is 5.75 Å². The van der Waals surface area contributed by atoms with E-state index in [1.165, 1.54) is 25.7 Å². The minimum atomic E-state index is 0.811.